The van der Waals surface area contributed by atoms with Crippen molar-refractivity contribution < 1.29 is 0 Å². The number of rotatable bonds is 8. The third kappa shape index (κ3) is 10.1. The van der Waals surface area contributed by atoms with Crippen molar-refractivity contribution in [1.29, 1.82) is 5.26 Å². The molecule has 7 unspecified atom stereocenters. The second-order valence-electron chi connectivity index (χ2n) is 12.2. The topological polar surface area (TPSA) is 23.8 Å². The second-order valence-corrected chi connectivity index (χ2v) is 12.2. The minimum atomic E-state index is 0.625. The van der Waals surface area contributed by atoms with Gasteiger partial charge in [-0.2, -0.15) is 5.26 Å². The molecule has 3 aliphatic carbocycles. The second kappa shape index (κ2) is 21.7. The van der Waals surface area contributed by atoms with Gasteiger partial charge in [0.2, 0.25) is 0 Å². The van der Waals surface area contributed by atoms with E-state index >= 15 is 0 Å². The highest BCUT2D eigenvalue weighted by Gasteiger charge is 2.59. The smallest absolute Gasteiger partial charge is 0.0987 e. The van der Waals surface area contributed by atoms with Crippen molar-refractivity contribution in [3.8, 4) is 6.07 Å². The van der Waals surface area contributed by atoms with Crippen LogP contribution in [-0.2, 0) is 0 Å². The average Bonchev–Trinajstić information content (AvgIpc) is 3.35. The van der Waals surface area contributed by atoms with Crippen molar-refractivity contribution >= 4 is 0 Å². The van der Waals surface area contributed by atoms with Gasteiger partial charge in [0, 0.05) is 5.57 Å². The van der Waals surface area contributed by atoms with Gasteiger partial charge in [0.05, 0.1) is 6.07 Å². The van der Waals surface area contributed by atoms with Gasteiger partial charge in [-0.3, -0.25) is 0 Å². The molecule has 1 heteroatoms. The first-order valence-corrected chi connectivity index (χ1v) is 17.5. The van der Waals surface area contributed by atoms with Gasteiger partial charge in [0.15, 0.2) is 0 Å². The highest BCUT2D eigenvalue weighted by atomic mass is 14.6. The Morgan fingerprint density at radius 1 is 0.923 bits per heavy atom. The Labute approximate surface area is 248 Å². The summed E-state index contributed by atoms with van der Waals surface area (Å²) in [5.41, 5.74) is 1.94. The summed E-state index contributed by atoms with van der Waals surface area (Å²) < 4.78 is 0. The molecule has 0 aromatic heterocycles. The molecule has 0 aromatic rings. The standard InChI is InChI=1S/C26H48.C6H7N.3C2H6/c1-7-10-17-25(5)20(11-8-2)12-13-21-23-15-14-22(19(4)9-3)26(23,6)18-16-24(21)25;1-3-6(4-2)5-7;3*1-2/h19-24H,7-18H2,1-6H3;3-4H,1H2,2H3;3*1-2H3/b;6-4+;;;/t19?,20?,21?,22-,23?,24?,25?,26?;;;;/m1..../s1. The molecule has 230 valence electrons. The highest BCUT2D eigenvalue weighted by Crippen LogP contribution is 2.67. The van der Waals surface area contributed by atoms with E-state index in [1.54, 1.807) is 32.3 Å². The number of allylic oxidation sites excluding steroid dienone is 3. The van der Waals surface area contributed by atoms with E-state index in [-0.39, 0.29) is 0 Å². The maximum Gasteiger partial charge on any atom is 0.0987 e. The summed E-state index contributed by atoms with van der Waals surface area (Å²) in [6.07, 6.45) is 21.1. The van der Waals surface area contributed by atoms with E-state index < -0.39 is 0 Å². The first kappa shape index (κ1) is 40.1. The van der Waals surface area contributed by atoms with E-state index in [0.29, 0.717) is 16.4 Å². The van der Waals surface area contributed by atoms with Crippen molar-refractivity contribution in [2.45, 2.75) is 167 Å². The first-order chi connectivity index (χ1) is 18.8. The van der Waals surface area contributed by atoms with E-state index in [1.165, 1.54) is 63.9 Å². The molecule has 3 aliphatic rings. The van der Waals surface area contributed by atoms with Crippen molar-refractivity contribution in [2.24, 2.45) is 46.3 Å². The minimum absolute atomic E-state index is 0.625. The van der Waals surface area contributed by atoms with Gasteiger partial charge in [0.25, 0.3) is 0 Å². The summed E-state index contributed by atoms with van der Waals surface area (Å²) in [5.74, 6) is 6.09. The van der Waals surface area contributed by atoms with Crippen LogP contribution in [-0.4, -0.2) is 0 Å². The molecule has 3 rings (SSSR count). The van der Waals surface area contributed by atoms with E-state index in [2.05, 4.69) is 48.1 Å². The Balaban J connectivity index is 0. The lowest BCUT2D eigenvalue weighted by molar-refractivity contribution is -0.106. The predicted octanol–water partition coefficient (Wildman–Crippen LogP) is 13.2. The molecular weight excluding hydrogens is 470 g/mol. The van der Waals surface area contributed by atoms with E-state index in [1.807, 2.05) is 47.6 Å². The maximum absolute atomic E-state index is 8.14. The van der Waals surface area contributed by atoms with Gasteiger partial charge in [0.1, 0.15) is 0 Å². The number of unbranched alkanes of at least 4 members (excludes halogenated alkanes) is 1. The van der Waals surface area contributed by atoms with Gasteiger partial charge < -0.3 is 0 Å². The van der Waals surface area contributed by atoms with E-state index in [0.717, 1.165) is 35.5 Å². The van der Waals surface area contributed by atoms with Gasteiger partial charge >= 0.3 is 0 Å². The van der Waals surface area contributed by atoms with Crippen LogP contribution in [0.3, 0.4) is 0 Å². The van der Waals surface area contributed by atoms with E-state index in [4.69, 9.17) is 5.26 Å². The van der Waals surface area contributed by atoms with Crippen LogP contribution in [0.1, 0.15) is 167 Å². The fourth-order valence-electron chi connectivity index (χ4n) is 8.79. The molecule has 0 saturated heterocycles. The average molecular weight is 544 g/mol. The number of hydrogen-bond donors (Lipinski definition) is 0. The normalized spacial score (nSPS) is 33.3. The van der Waals surface area contributed by atoms with Gasteiger partial charge in [-0.25, -0.2) is 0 Å². The van der Waals surface area contributed by atoms with Crippen LogP contribution >= 0.6 is 0 Å². The quantitative estimate of drug-likeness (QED) is 0.220. The molecule has 0 heterocycles. The predicted molar refractivity (Wildman–Crippen MR) is 179 cm³/mol. The van der Waals surface area contributed by atoms with Gasteiger partial charge in [-0.15, -0.1) is 0 Å². The zero-order valence-corrected chi connectivity index (χ0v) is 29.3. The van der Waals surface area contributed by atoms with Crippen molar-refractivity contribution in [3.63, 3.8) is 0 Å². The molecule has 3 saturated carbocycles. The summed E-state index contributed by atoms with van der Waals surface area (Å²) in [5, 5.41) is 8.14. The van der Waals surface area contributed by atoms with Crippen LogP contribution in [0.25, 0.3) is 0 Å². The monoisotopic (exact) mass is 544 g/mol. The maximum atomic E-state index is 8.14. The summed E-state index contributed by atoms with van der Waals surface area (Å²) in [7, 11) is 0. The Kier molecular flexibility index (Phi) is 22.3. The molecule has 8 atom stereocenters. The molecule has 0 radical (unpaired) electrons. The molecule has 0 aromatic carbocycles. The van der Waals surface area contributed by atoms with Crippen molar-refractivity contribution in [1.82, 2.24) is 0 Å². The Hall–Kier alpha value is -1.03. The van der Waals surface area contributed by atoms with Crippen LogP contribution in [0.2, 0.25) is 0 Å². The van der Waals surface area contributed by atoms with Crippen LogP contribution in [0.15, 0.2) is 24.3 Å². The van der Waals surface area contributed by atoms with Crippen molar-refractivity contribution in [3.05, 3.63) is 24.3 Å². The SMILES string of the molecule is C=C/C(C#N)=C\C.CC.CC.CC.CCCCC1(C)C(CCC)CCC2C1CCC1(C)C2CC[C@@H]1C(C)CC. The third-order valence-corrected chi connectivity index (χ3v) is 10.8. The fraction of sp³-hybridized carbons (Fsp3) is 0.868. The third-order valence-electron chi connectivity index (χ3n) is 10.8. The zero-order valence-electron chi connectivity index (χ0n) is 29.3. The molecule has 0 spiro atoms. The van der Waals surface area contributed by atoms with E-state index in [9.17, 15) is 0 Å². The largest absolute Gasteiger partial charge is 0.192 e. The molecule has 0 aliphatic heterocycles. The molecule has 39 heavy (non-hydrogen) atoms. The Bertz CT molecular complexity index is 683. The first-order valence-electron chi connectivity index (χ1n) is 17.5. The summed E-state index contributed by atoms with van der Waals surface area (Å²) in [6.45, 7) is 32.5. The van der Waals surface area contributed by atoms with Crippen molar-refractivity contribution in [2.75, 3.05) is 0 Å². The lowest BCUT2D eigenvalue weighted by atomic mass is 9.45. The summed E-state index contributed by atoms with van der Waals surface area (Å²) >= 11 is 0. The fourth-order valence-corrected chi connectivity index (χ4v) is 8.79. The summed E-state index contributed by atoms with van der Waals surface area (Å²) in [6, 6.07) is 1.94. The van der Waals surface area contributed by atoms with Crippen LogP contribution in [0.4, 0.5) is 0 Å². The van der Waals surface area contributed by atoms with Crippen LogP contribution < -0.4 is 0 Å². The summed E-state index contributed by atoms with van der Waals surface area (Å²) in [4.78, 5) is 0. The Morgan fingerprint density at radius 3 is 1.97 bits per heavy atom. The van der Waals surface area contributed by atoms with Crippen LogP contribution in [0, 0.1) is 57.7 Å². The van der Waals surface area contributed by atoms with Gasteiger partial charge in [-0.05, 0) is 98.2 Å². The number of fused-ring (bicyclic) bond motifs is 3. The Morgan fingerprint density at radius 2 is 1.54 bits per heavy atom. The molecule has 0 N–H and O–H groups in total. The molecular formula is C38H73N. The molecule has 0 amide bonds. The molecule has 1 nitrogen and oxygen atoms in total. The number of nitrogens with zero attached hydrogens (tertiary/aromatic N) is 1. The minimum Gasteiger partial charge on any atom is -0.192 e. The zero-order chi connectivity index (χ0) is 30.6. The lowest BCUT2D eigenvalue weighted by Gasteiger charge is -2.60. The lowest BCUT2D eigenvalue weighted by Crippen LogP contribution is -2.52. The molecule has 3 fully saturated rings. The van der Waals surface area contributed by atoms with Crippen LogP contribution in [0.5, 0.6) is 0 Å². The highest BCUT2D eigenvalue weighted by molar-refractivity contribution is 5.30. The number of hydrogen-bond acceptors (Lipinski definition) is 1. The van der Waals surface area contributed by atoms with Gasteiger partial charge in [-0.1, -0.05) is 134 Å². The number of nitriles is 1. The molecule has 0 bridgehead atoms.